The molecule has 0 aliphatic rings. The number of carbonyl (C=O) groups is 2. The molecule has 0 saturated heterocycles. The first kappa shape index (κ1) is 13.2. The molecule has 2 amide bonds. The summed E-state index contributed by atoms with van der Waals surface area (Å²) < 4.78 is 0. The van der Waals surface area contributed by atoms with E-state index < -0.39 is 5.91 Å². The lowest BCUT2D eigenvalue weighted by molar-refractivity contribution is -0.116. The molecule has 2 rings (SSSR count). The molecule has 0 bridgehead atoms. The molecule has 0 aliphatic carbocycles. The Morgan fingerprint density at radius 2 is 2.00 bits per heavy atom. The number of primary amides is 1. The van der Waals surface area contributed by atoms with Gasteiger partial charge in [0.25, 0.3) is 0 Å². The molecule has 1 aromatic heterocycles. The molecule has 0 fully saturated rings. The second kappa shape index (κ2) is 6.10. The molecule has 5 nitrogen and oxygen atoms in total. The quantitative estimate of drug-likeness (QED) is 0.872. The third-order valence-corrected chi connectivity index (χ3v) is 3.18. The number of nitrogens with zero attached hydrogens (tertiary/aromatic N) is 1. The van der Waals surface area contributed by atoms with E-state index in [1.165, 1.54) is 11.3 Å². The summed E-state index contributed by atoms with van der Waals surface area (Å²) in [6.45, 7) is 0. The number of benzene rings is 1. The molecular formula is C13H13N3O2S. The van der Waals surface area contributed by atoms with Crippen LogP contribution in [0.25, 0.3) is 0 Å². The van der Waals surface area contributed by atoms with Gasteiger partial charge in [0.15, 0.2) is 0 Å². The Hall–Kier alpha value is -2.21. The Balaban J connectivity index is 1.86. The van der Waals surface area contributed by atoms with E-state index in [0.717, 1.165) is 5.69 Å². The van der Waals surface area contributed by atoms with Crippen LogP contribution < -0.4 is 11.1 Å². The van der Waals surface area contributed by atoms with Gasteiger partial charge in [-0.25, -0.2) is 4.98 Å². The van der Waals surface area contributed by atoms with Crippen molar-refractivity contribution >= 4 is 28.8 Å². The van der Waals surface area contributed by atoms with Crippen LogP contribution in [0, 0.1) is 0 Å². The number of hydrogen-bond acceptors (Lipinski definition) is 4. The molecule has 2 aromatic rings. The van der Waals surface area contributed by atoms with E-state index >= 15 is 0 Å². The number of hydrogen-bond donors (Lipinski definition) is 2. The van der Waals surface area contributed by atoms with E-state index in [-0.39, 0.29) is 5.91 Å². The molecular weight excluding hydrogens is 262 g/mol. The van der Waals surface area contributed by atoms with Crippen molar-refractivity contribution in [2.45, 2.75) is 12.8 Å². The highest BCUT2D eigenvalue weighted by Crippen LogP contribution is 2.10. The predicted molar refractivity (Wildman–Crippen MR) is 74.0 cm³/mol. The molecule has 1 aromatic carbocycles. The summed E-state index contributed by atoms with van der Waals surface area (Å²) in [6, 6.07) is 6.47. The Kier molecular flexibility index (Phi) is 4.25. The first-order valence-corrected chi connectivity index (χ1v) is 6.66. The van der Waals surface area contributed by atoms with Gasteiger partial charge in [0.05, 0.1) is 11.2 Å². The normalized spacial score (nSPS) is 10.1. The molecule has 0 unspecified atom stereocenters. The van der Waals surface area contributed by atoms with Gasteiger partial charge in [0, 0.05) is 23.1 Å². The highest BCUT2D eigenvalue weighted by molar-refractivity contribution is 7.07. The van der Waals surface area contributed by atoms with Crippen LogP contribution in [-0.2, 0) is 11.2 Å². The van der Waals surface area contributed by atoms with Gasteiger partial charge >= 0.3 is 0 Å². The standard InChI is InChI=1S/C13H13N3O2S/c14-13(18)9-1-3-10(4-2-9)16-12(17)6-5-11-7-19-8-15-11/h1-4,7-8H,5-6H2,(H2,14,18)(H,16,17). The highest BCUT2D eigenvalue weighted by Gasteiger charge is 2.05. The molecule has 0 aliphatic heterocycles. The fraction of sp³-hybridized carbons (Fsp3) is 0.154. The molecule has 98 valence electrons. The van der Waals surface area contributed by atoms with Crippen LogP contribution in [0.4, 0.5) is 5.69 Å². The summed E-state index contributed by atoms with van der Waals surface area (Å²) in [5.74, 6) is -0.568. The van der Waals surface area contributed by atoms with E-state index in [2.05, 4.69) is 10.3 Å². The van der Waals surface area contributed by atoms with Gasteiger partial charge in [-0.1, -0.05) is 0 Å². The van der Waals surface area contributed by atoms with E-state index in [4.69, 9.17) is 5.73 Å². The van der Waals surface area contributed by atoms with E-state index in [1.54, 1.807) is 29.8 Å². The molecule has 19 heavy (non-hydrogen) atoms. The average Bonchev–Trinajstić information content (AvgIpc) is 2.90. The monoisotopic (exact) mass is 275 g/mol. The maximum Gasteiger partial charge on any atom is 0.248 e. The van der Waals surface area contributed by atoms with Crippen molar-refractivity contribution in [3.8, 4) is 0 Å². The number of amides is 2. The number of aromatic nitrogens is 1. The van der Waals surface area contributed by atoms with Crippen molar-refractivity contribution in [2.24, 2.45) is 5.73 Å². The second-order valence-electron chi connectivity index (χ2n) is 3.97. The molecule has 0 saturated carbocycles. The zero-order valence-electron chi connectivity index (χ0n) is 10.1. The largest absolute Gasteiger partial charge is 0.366 e. The van der Waals surface area contributed by atoms with Crippen LogP contribution >= 0.6 is 11.3 Å². The Morgan fingerprint density at radius 1 is 1.26 bits per heavy atom. The van der Waals surface area contributed by atoms with Crippen molar-refractivity contribution in [3.05, 3.63) is 46.4 Å². The number of thiazole rings is 1. The molecule has 6 heteroatoms. The van der Waals surface area contributed by atoms with Crippen molar-refractivity contribution in [3.63, 3.8) is 0 Å². The van der Waals surface area contributed by atoms with Crippen LogP contribution in [0.2, 0.25) is 0 Å². The van der Waals surface area contributed by atoms with Crippen LogP contribution in [0.15, 0.2) is 35.2 Å². The third-order valence-electron chi connectivity index (χ3n) is 2.54. The summed E-state index contributed by atoms with van der Waals surface area (Å²) in [4.78, 5) is 26.7. The highest BCUT2D eigenvalue weighted by atomic mass is 32.1. The minimum atomic E-state index is -0.485. The summed E-state index contributed by atoms with van der Waals surface area (Å²) in [5.41, 5.74) is 8.86. The number of anilines is 1. The van der Waals surface area contributed by atoms with Crippen LogP contribution in [-0.4, -0.2) is 16.8 Å². The minimum absolute atomic E-state index is 0.0835. The molecule has 0 spiro atoms. The van der Waals surface area contributed by atoms with Gasteiger partial charge in [-0.15, -0.1) is 11.3 Å². The lowest BCUT2D eigenvalue weighted by Gasteiger charge is -2.05. The van der Waals surface area contributed by atoms with Gasteiger partial charge < -0.3 is 11.1 Å². The summed E-state index contributed by atoms with van der Waals surface area (Å²) in [5, 5.41) is 4.68. The van der Waals surface area contributed by atoms with Crippen molar-refractivity contribution < 1.29 is 9.59 Å². The molecule has 1 heterocycles. The zero-order chi connectivity index (χ0) is 13.7. The number of aryl methyl sites for hydroxylation is 1. The van der Waals surface area contributed by atoms with E-state index in [0.29, 0.717) is 24.1 Å². The Labute approximate surface area is 114 Å². The van der Waals surface area contributed by atoms with Crippen molar-refractivity contribution in [1.29, 1.82) is 0 Å². The number of rotatable bonds is 5. The first-order chi connectivity index (χ1) is 9.15. The minimum Gasteiger partial charge on any atom is -0.366 e. The van der Waals surface area contributed by atoms with Crippen molar-refractivity contribution in [1.82, 2.24) is 4.98 Å². The van der Waals surface area contributed by atoms with Gasteiger partial charge in [-0.05, 0) is 30.7 Å². The second-order valence-corrected chi connectivity index (χ2v) is 4.69. The maximum absolute atomic E-state index is 11.7. The summed E-state index contributed by atoms with van der Waals surface area (Å²) in [7, 11) is 0. The van der Waals surface area contributed by atoms with Gasteiger partial charge in [0.2, 0.25) is 11.8 Å². The lowest BCUT2D eigenvalue weighted by atomic mass is 10.2. The number of carbonyl (C=O) groups excluding carboxylic acids is 2. The van der Waals surface area contributed by atoms with Gasteiger partial charge in [-0.3, -0.25) is 9.59 Å². The molecule has 0 radical (unpaired) electrons. The van der Waals surface area contributed by atoms with Gasteiger partial charge in [0.1, 0.15) is 0 Å². The van der Waals surface area contributed by atoms with E-state index in [1.807, 2.05) is 5.38 Å². The number of nitrogens with one attached hydrogen (secondary N) is 1. The van der Waals surface area contributed by atoms with Crippen LogP contribution in [0.1, 0.15) is 22.5 Å². The number of nitrogens with two attached hydrogens (primary N) is 1. The van der Waals surface area contributed by atoms with Crippen molar-refractivity contribution in [2.75, 3.05) is 5.32 Å². The fourth-order valence-corrected chi connectivity index (χ4v) is 2.14. The lowest BCUT2D eigenvalue weighted by Crippen LogP contribution is -2.13. The SMILES string of the molecule is NC(=O)c1ccc(NC(=O)CCc2cscn2)cc1. The molecule has 3 N–H and O–H groups in total. The summed E-state index contributed by atoms with van der Waals surface area (Å²) in [6.07, 6.45) is 0.996. The van der Waals surface area contributed by atoms with Gasteiger partial charge in [-0.2, -0.15) is 0 Å². The Bertz CT molecular complexity index is 564. The smallest absolute Gasteiger partial charge is 0.248 e. The van der Waals surface area contributed by atoms with Crippen LogP contribution in [0.3, 0.4) is 0 Å². The summed E-state index contributed by atoms with van der Waals surface area (Å²) >= 11 is 1.51. The Morgan fingerprint density at radius 3 is 2.58 bits per heavy atom. The maximum atomic E-state index is 11.7. The molecule has 0 atom stereocenters. The van der Waals surface area contributed by atoms with Crippen LogP contribution in [0.5, 0.6) is 0 Å². The zero-order valence-corrected chi connectivity index (χ0v) is 10.9. The third kappa shape index (κ3) is 3.89. The predicted octanol–water partition coefficient (Wildman–Crippen LogP) is 1.81. The average molecular weight is 275 g/mol. The topological polar surface area (TPSA) is 85.1 Å². The van der Waals surface area contributed by atoms with E-state index in [9.17, 15) is 9.59 Å². The first-order valence-electron chi connectivity index (χ1n) is 5.72. The fourth-order valence-electron chi connectivity index (χ4n) is 1.54.